The zero-order chi connectivity index (χ0) is 13.5. The molecule has 1 saturated heterocycles. The van der Waals surface area contributed by atoms with Gasteiger partial charge < -0.3 is 10.5 Å². The van der Waals surface area contributed by atoms with Crippen LogP contribution in [0, 0.1) is 0 Å². The number of pyridine rings is 1. The largest absolute Gasteiger partial charge is 0.384 e. The normalized spacial score (nSPS) is 18.9. The third-order valence-electron chi connectivity index (χ3n) is 3.26. The average Bonchev–Trinajstić information content (AvgIpc) is 3.14. The molecule has 20 heavy (non-hydrogen) atoms. The number of hydrogen-bond acceptors (Lipinski definition) is 7. The van der Waals surface area contributed by atoms with Crippen molar-refractivity contribution in [2.75, 3.05) is 12.3 Å². The number of anilines is 1. The first-order valence-electron chi connectivity index (χ1n) is 6.37. The smallest absolute Gasteiger partial charge is 0.235 e. The quantitative estimate of drug-likeness (QED) is 0.771. The van der Waals surface area contributed by atoms with Crippen LogP contribution in [0.2, 0.25) is 0 Å². The van der Waals surface area contributed by atoms with E-state index in [-0.39, 0.29) is 6.10 Å². The third kappa shape index (κ3) is 1.84. The highest BCUT2D eigenvalue weighted by Gasteiger charge is 2.25. The summed E-state index contributed by atoms with van der Waals surface area (Å²) >= 11 is 1.48. The van der Waals surface area contributed by atoms with Gasteiger partial charge in [0.15, 0.2) is 5.82 Å². The highest BCUT2D eigenvalue weighted by Crippen LogP contribution is 2.31. The molecule has 8 heteroatoms. The summed E-state index contributed by atoms with van der Waals surface area (Å²) in [5, 5.41) is 13.8. The van der Waals surface area contributed by atoms with E-state index in [1.165, 1.54) is 11.3 Å². The van der Waals surface area contributed by atoms with Gasteiger partial charge in [0.1, 0.15) is 16.9 Å². The van der Waals surface area contributed by atoms with Crippen LogP contribution in [-0.2, 0) is 4.74 Å². The number of nitrogen functional groups attached to an aromatic ring is 1. The van der Waals surface area contributed by atoms with Gasteiger partial charge in [-0.15, -0.1) is 10.2 Å². The number of ether oxygens (including phenoxy) is 1. The van der Waals surface area contributed by atoms with Gasteiger partial charge in [0.05, 0.1) is 0 Å². The standard InChI is InChI=1S/C12H12N6OS/c13-9-6-7(3-4-14-9)11-17-18-10(8-2-1-5-19-8)15-16-12(18)20-11/h3-4,6,8H,1-2,5H2,(H2,13,14). The third-order valence-corrected chi connectivity index (χ3v) is 4.21. The fourth-order valence-corrected chi connectivity index (χ4v) is 3.15. The van der Waals surface area contributed by atoms with Gasteiger partial charge >= 0.3 is 0 Å². The highest BCUT2D eigenvalue weighted by atomic mass is 32.1. The van der Waals surface area contributed by atoms with Gasteiger partial charge in [-0.3, -0.25) is 0 Å². The second kappa shape index (κ2) is 4.50. The number of aromatic nitrogens is 5. The van der Waals surface area contributed by atoms with E-state index in [4.69, 9.17) is 10.5 Å². The van der Waals surface area contributed by atoms with Gasteiger partial charge in [0.25, 0.3) is 0 Å². The van der Waals surface area contributed by atoms with Crippen LogP contribution >= 0.6 is 11.3 Å². The molecule has 1 unspecified atom stereocenters. The zero-order valence-electron chi connectivity index (χ0n) is 10.6. The Labute approximate surface area is 118 Å². The van der Waals surface area contributed by atoms with Gasteiger partial charge in [0.2, 0.25) is 4.96 Å². The maximum absolute atomic E-state index is 5.71. The summed E-state index contributed by atoms with van der Waals surface area (Å²) in [4.78, 5) is 4.75. The Balaban J connectivity index is 1.79. The van der Waals surface area contributed by atoms with E-state index < -0.39 is 0 Å². The van der Waals surface area contributed by atoms with Gasteiger partial charge in [-0.25, -0.2) is 4.98 Å². The average molecular weight is 288 g/mol. The fraction of sp³-hybridized carbons (Fsp3) is 0.333. The Hall–Kier alpha value is -2.06. The first kappa shape index (κ1) is 11.7. The predicted octanol–water partition coefficient (Wildman–Crippen LogP) is 1.68. The van der Waals surface area contributed by atoms with Crippen LogP contribution in [-0.4, -0.2) is 31.4 Å². The van der Waals surface area contributed by atoms with Gasteiger partial charge in [-0.2, -0.15) is 9.61 Å². The minimum Gasteiger partial charge on any atom is -0.384 e. The maximum atomic E-state index is 5.71. The van der Waals surface area contributed by atoms with E-state index in [0.717, 1.165) is 40.8 Å². The molecular formula is C12H12N6OS. The molecule has 1 aliphatic heterocycles. The van der Waals surface area contributed by atoms with Crippen molar-refractivity contribution in [1.29, 1.82) is 0 Å². The van der Waals surface area contributed by atoms with Crippen molar-refractivity contribution in [1.82, 2.24) is 24.8 Å². The fourth-order valence-electron chi connectivity index (χ4n) is 2.31. The molecule has 0 spiro atoms. The Morgan fingerprint density at radius 1 is 1.40 bits per heavy atom. The van der Waals surface area contributed by atoms with E-state index in [2.05, 4.69) is 20.3 Å². The molecule has 4 rings (SSSR count). The first-order chi connectivity index (χ1) is 9.81. The Morgan fingerprint density at radius 2 is 2.35 bits per heavy atom. The molecule has 0 aromatic carbocycles. The van der Waals surface area contributed by atoms with Crippen LogP contribution in [0.5, 0.6) is 0 Å². The summed E-state index contributed by atoms with van der Waals surface area (Å²) in [5.41, 5.74) is 6.64. The van der Waals surface area contributed by atoms with Crippen molar-refractivity contribution in [3.05, 3.63) is 24.2 Å². The number of rotatable bonds is 2. The van der Waals surface area contributed by atoms with E-state index >= 15 is 0 Å². The minimum atomic E-state index is 0.00228. The molecule has 1 aliphatic rings. The van der Waals surface area contributed by atoms with Gasteiger partial charge in [-0.1, -0.05) is 11.3 Å². The number of fused-ring (bicyclic) bond motifs is 1. The molecule has 0 bridgehead atoms. The lowest BCUT2D eigenvalue weighted by Gasteiger charge is -2.04. The molecule has 0 aliphatic carbocycles. The van der Waals surface area contributed by atoms with E-state index in [1.807, 2.05) is 6.07 Å². The summed E-state index contributed by atoms with van der Waals surface area (Å²) < 4.78 is 7.42. The summed E-state index contributed by atoms with van der Waals surface area (Å²) in [6, 6.07) is 3.69. The topological polar surface area (TPSA) is 91.2 Å². The lowest BCUT2D eigenvalue weighted by atomic mass is 10.2. The molecule has 7 nitrogen and oxygen atoms in total. The van der Waals surface area contributed by atoms with Crippen LogP contribution < -0.4 is 5.73 Å². The molecule has 2 N–H and O–H groups in total. The maximum Gasteiger partial charge on any atom is 0.235 e. The first-order valence-corrected chi connectivity index (χ1v) is 7.18. The number of nitrogens with two attached hydrogens (primary N) is 1. The van der Waals surface area contributed by atoms with Crippen molar-refractivity contribution in [2.24, 2.45) is 0 Å². The summed E-state index contributed by atoms with van der Waals surface area (Å²) in [5.74, 6) is 1.26. The molecule has 4 heterocycles. The Kier molecular flexibility index (Phi) is 2.64. The SMILES string of the molecule is Nc1cc(-c2nn3c(C4CCCO4)nnc3s2)ccn1. The summed E-state index contributed by atoms with van der Waals surface area (Å²) in [6.07, 6.45) is 3.70. The molecule has 1 atom stereocenters. The summed E-state index contributed by atoms with van der Waals surface area (Å²) in [6.45, 7) is 0.775. The van der Waals surface area contributed by atoms with Gasteiger partial charge in [0, 0.05) is 18.4 Å². The highest BCUT2D eigenvalue weighted by molar-refractivity contribution is 7.19. The van der Waals surface area contributed by atoms with Crippen LogP contribution in [0.25, 0.3) is 15.5 Å². The van der Waals surface area contributed by atoms with E-state index in [9.17, 15) is 0 Å². The zero-order valence-corrected chi connectivity index (χ0v) is 11.4. The minimum absolute atomic E-state index is 0.00228. The number of hydrogen-bond donors (Lipinski definition) is 1. The van der Waals surface area contributed by atoms with Crippen molar-refractivity contribution in [2.45, 2.75) is 18.9 Å². The molecule has 3 aromatic heterocycles. The van der Waals surface area contributed by atoms with Crippen LogP contribution in [0.4, 0.5) is 5.82 Å². The molecule has 0 amide bonds. The van der Waals surface area contributed by atoms with E-state index in [0.29, 0.717) is 5.82 Å². The summed E-state index contributed by atoms with van der Waals surface area (Å²) in [7, 11) is 0. The van der Waals surface area contributed by atoms with Crippen molar-refractivity contribution in [3.63, 3.8) is 0 Å². The monoisotopic (exact) mass is 288 g/mol. The molecule has 102 valence electrons. The van der Waals surface area contributed by atoms with Crippen molar-refractivity contribution >= 4 is 22.1 Å². The second-order valence-electron chi connectivity index (χ2n) is 4.63. The Morgan fingerprint density at radius 3 is 3.15 bits per heavy atom. The van der Waals surface area contributed by atoms with E-state index in [1.54, 1.807) is 16.8 Å². The number of nitrogens with zero attached hydrogens (tertiary/aromatic N) is 5. The lowest BCUT2D eigenvalue weighted by Crippen LogP contribution is -2.03. The van der Waals surface area contributed by atoms with Crippen LogP contribution in [0.15, 0.2) is 18.3 Å². The van der Waals surface area contributed by atoms with Crippen LogP contribution in [0.3, 0.4) is 0 Å². The van der Waals surface area contributed by atoms with Crippen molar-refractivity contribution in [3.8, 4) is 10.6 Å². The lowest BCUT2D eigenvalue weighted by molar-refractivity contribution is 0.103. The second-order valence-corrected chi connectivity index (χ2v) is 5.59. The van der Waals surface area contributed by atoms with Crippen LogP contribution in [0.1, 0.15) is 24.8 Å². The molecule has 0 saturated carbocycles. The molecule has 1 fully saturated rings. The predicted molar refractivity (Wildman–Crippen MR) is 74.2 cm³/mol. The molecule has 3 aromatic rings. The van der Waals surface area contributed by atoms with Gasteiger partial charge in [-0.05, 0) is 25.0 Å². The molecule has 0 radical (unpaired) electrons. The Bertz CT molecular complexity index is 760. The van der Waals surface area contributed by atoms with Crippen molar-refractivity contribution < 1.29 is 4.74 Å². The molecular weight excluding hydrogens is 276 g/mol.